The van der Waals surface area contributed by atoms with Crippen LogP contribution in [0.1, 0.15) is 23.6 Å². The van der Waals surface area contributed by atoms with Crippen LogP contribution < -0.4 is 9.64 Å². The average molecular weight is 450 g/mol. The van der Waals surface area contributed by atoms with Gasteiger partial charge in [-0.3, -0.25) is 14.6 Å². The first-order valence-corrected chi connectivity index (χ1v) is 9.77. The highest BCUT2D eigenvalue weighted by atomic mass is 19.4. The van der Waals surface area contributed by atoms with E-state index >= 15 is 0 Å². The van der Waals surface area contributed by atoms with Crippen LogP contribution in [0.25, 0.3) is 0 Å². The summed E-state index contributed by atoms with van der Waals surface area (Å²) in [4.78, 5) is 38.7. The van der Waals surface area contributed by atoms with Crippen molar-refractivity contribution in [2.24, 2.45) is 0 Å². The van der Waals surface area contributed by atoms with Gasteiger partial charge in [-0.25, -0.2) is 9.59 Å². The highest BCUT2D eigenvalue weighted by Crippen LogP contribution is 2.31. The van der Waals surface area contributed by atoms with Crippen molar-refractivity contribution in [1.29, 1.82) is 0 Å². The first kappa shape index (κ1) is 23.1. The van der Waals surface area contributed by atoms with E-state index in [0.29, 0.717) is 16.9 Å². The average Bonchev–Trinajstić information content (AvgIpc) is 3.01. The summed E-state index contributed by atoms with van der Waals surface area (Å²) in [5.74, 6) is -0.491. The lowest BCUT2D eigenvalue weighted by Crippen LogP contribution is -2.32. The van der Waals surface area contributed by atoms with E-state index in [1.165, 1.54) is 0 Å². The van der Waals surface area contributed by atoms with E-state index in [2.05, 4.69) is 0 Å². The molecule has 1 aliphatic rings. The van der Waals surface area contributed by atoms with Crippen molar-refractivity contribution in [2.75, 3.05) is 24.7 Å². The molecule has 10 heteroatoms. The van der Waals surface area contributed by atoms with E-state index in [0.717, 1.165) is 34.1 Å². The van der Waals surface area contributed by atoms with Crippen molar-refractivity contribution in [3.63, 3.8) is 0 Å². The van der Waals surface area contributed by atoms with Crippen LogP contribution in [0.15, 0.2) is 42.5 Å². The first-order valence-electron chi connectivity index (χ1n) is 9.77. The number of carbonyl (C=O) groups is 3. The minimum Gasteiger partial charge on any atom is -0.482 e. The fourth-order valence-electron chi connectivity index (χ4n) is 3.22. The molecule has 1 fully saturated rings. The fourth-order valence-corrected chi connectivity index (χ4v) is 3.22. The first-order chi connectivity index (χ1) is 15.1. The van der Waals surface area contributed by atoms with Crippen LogP contribution in [0, 0.1) is 6.92 Å². The van der Waals surface area contributed by atoms with Crippen LogP contribution in [0.4, 0.5) is 23.7 Å². The Kier molecular flexibility index (Phi) is 6.71. The van der Waals surface area contributed by atoms with Crippen LogP contribution >= 0.6 is 0 Å². The molecule has 170 valence electrons. The van der Waals surface area contributed by atoms with Crippen molar-refractivity contribution in [1.82, 2.24) is 4.90 Å². The van der Waals surface area contributed by atoms with E-state index < -0.39 is 29.6 Å². The molecular weight excluding hydrogens is 429 g/mol. The van der Waals surface area contributed by atoms with Crippen molar-refractivity contribution in [3.05, 3.63) is 59.2 Å². The summed E-state index contributed by atoms with van der Waals surface area (Å²) < 4.78 is 48.5. The molecule has 1 aliphatic heterocycles. The van der Waals surface area contributed by atoms with Crippen molar-refractivity contribution in [3.8, 4) is 5.75 Å². The van der Waals surface area contributed by atoms with Gasteiger partial charge in [0, 0.05) is 5.69 Å². The molecule has 0 aliphatic carbocycles. The summed E-state index contributed by atoms with van der Waals surface area (Å²) in [6.07, 6.45) is -4.49. The SMILES string of the molecule is CCOC(=O)COc1ccc(CN2C(=O)CN(c3ccc(C(F)(F)F)cc3)C2=O)cc1C. The van der Waals surface area contributed by atoms with Gasteiger partial charge < -0.3 is 9.47 Å². The van der Waals surface area contributed by atoms with Gasteiger partial charge in [-0.15, -0.1) is 0 Å². The highest BCUT2D eigenvalue weighted by Gasteiger charge is 2.37. The molecular formula is C22H21F3N2O5. The summed E-state index contributed by atoms with van der Waals surface area (Å²) in [5.41, 5.74) is 0.724. The molecule has 3 amide bonds. The zero-order valence-electron chi connectivity index (χ0n) is 17.4. The Balaban J connectivity index is 1.67. The number of rotatable bonds is 7. The zero-order chi connectivity index (χ0) is 23.5. The summed E-state index contributed by atoms with van der Waals surface area (Å²) in [6, 6.07) is 8.46. The molecule has 0 spiro atoms. The number of hydrogen-bond acceptors (Lipinski definition) is 5. The molecule has 7 nitrogen and oxygen atoms in total. The number of alkyl halides is 3. The molecule has 0 aromatic heterocycles. The van der Waals surface area contributed by atoms with E-state index in [1.54, 1.807) is 32.0 Å². The molecule has 2 aromatic rings. The number of ether oxygens (including phenoxy) is 2. The summed E-state index contributed by atoms with van der Waals surface area (Å²) in [7, 11) is 0. The lowest BCUT2D eigenvalue weighted by Gasteiger charge is -2.18. The molecule has 3 rings (SSSR count). The van der Waals surface area contributed by atoms with E-state index in [4.69, 9.17) is 9.47 Å². The summed E-state index contributed by atoms with van der Waals surface area (Å²) in [5, 5.41) is 0. The van der Waals surface area contributed by atoms with Crippen molar-refractivity contribution in [2.45, 2.75) is 26.6 Å². The van der Waals surface area contributed by atoms with Gasteiger partial charge in [0.15, 0.2) is 6.61 Å². The Labute approximate surface area is 182 Å². The summed E-state index contributed by atoms with van der Waals surface area (Å²) in [6.45, 7) is 3.20. The smallest absolute Gasteiger partial charge is 0.416 e. The van der Waals surface area contributed by atoms with Crippen LogP contribution in [-0.2, 0) is 27.0 Å². The molecule has 0 N–H and O–H groups in total. The Hall–Kier alpha value is -3.56. The molecule has 32 heavy (non-hydrogen) atoms. The molecule has 0 saturated carbocycles. The number of halogens is 3. The number of aryl methyl sites for hydroxylation is 1. The van der Waals surface area contributed by atoms with Crippen LogP contribution in [0.2, 0.25) is 0 Å². The van der Waals surface area contributed by atoms with Crippen LogP contribution in [0.5, 0.6) is 5.75 Å². The Bertz CT molecular complexity index is 1020. The van der Waals surface area contributed by atoms with E-state index in [1.807, 2.05) is 0 Å². The van der Waals surface area contributed by atoms with Gasteiger partial charge in [0.1, 0.15) is 12.3 Å². The fraction of sp³-hybridized carbons (Fsp3) is 0.318. The van der Waals surface area contributed by atoms with Gasteiger partial charge in [-0.1, -0.05) is 12.1 Å². The van der Waals surface area contributed by atoms with Gasteiger partial charge in [0.25, 0.3) is 5.91 Å². The molecule has 0 unspecified atom stereocenters. The number of hydrogen-bond donors (Lipinski definition) is 0. The number of carbonyl (C=O) groups excluding carboxylic acids is 3. The number of nitrogens with zero attached hydrogens (tertiary/aromatic N) is 2. The highest BCUT2D eigenvalue weighted by molar-refractivity contribution is 6.12. The molecule has 0 bridgehead atoms. The topological polar surface area (TPSA) is 76.2 Å². The molecule has 2 aromatic carbocycles. The van der Waals surface area contributed by atoms with Crippen molar-refractivity contribution >= 4 is 23.6 Å². The zero-order valence-corrected chi connectivity index (χ0v) is 17.4. The minimum absolute atomic E-state index is 0.00615. The standard InChI is InChI=1S/C22H21F3N2O5/c1-3-31-20(29)13-32-18-9-4-15(10-14(18)2)11-27-19(28)12-26(21(27)30)17-7-5-16(6-8-17)22(23,24)25/h4-10H,3,11-13H2,1-2H3. The second kappa shape index (κ2) is 9.29. The number of anilines is 1. The Morgan fingerprint density at radius 2 is 1.78 bits per heavy atom. The third-order valence-electron chi connectivity index (χ3n) is 4.79. The van der Waals surface area contributed by atoms with Crippen molar-refractivity contribution < 1.29 is 37.0 Å². The number of benzene rings is 2. The van der Waals surface area contributed by atoms with Gasteiger partial charge in [-0.2, -0.15) is 13.2 Å². The maximum Gasteiger partial charge on any atom is 0.416 e. The molecule has 1 saturated heterocycles. The van der Waals surface area contributed by atoms with Crippen LogP contribution in [0.3, 0.4) is 0 Å². The summed E-state index contributed by atoms with van der Waals surface area (Å²) >= 11 is 0. The Morgan fingerprint density at radius 1 is 1.09 bits per heavy atom. The maximum absolute atomic E-state index is 12.7. The van der Waals surface area contributed by atoms with Gasteiger partial charge in [0.2, 0.25) is 0 Å². The predicted molar refractivity (Wildman–Crippen MR) is 108 cm³/mol. The largest absolute Gasteiger partial charge is 0.482 e. The molecule has 0 radical (unpaired) electrons. The molecule has 0 atom stereocenters. The number of amides is 3. The van der Waals surface area contributed by atoms with Crippen LogP contribution in [-0.4, -0.2) is 42.6 Å². The quantitative estimate of drug-likeness (QED) is 0.472. The lowest BCUT2D eigenvalue weighted by atomic mass is 10.1. The molecule has 1 heterocycles. The second-order valence-electron chi connectivity index (χ2n) is 7.09. The predicted octanol–water partition coefficient (Wildman–Crippen LogP) is 3.92. The van der Waals surface area contributed by atoms with Gasteiger partial charge in [-0.05, 0) is 55.3 Å². The number of esters is 1. The normalized spacial score (nSPS) is 14.2. The minimum atomic E-state index is -4.49. The van der Waals surface area contributed by atoms with Gasteiger partial charge in [0.05, 0.1) is 18.7 Å². The lowest BCUT2D eigenvalue weighted by molar-refractivity contribution is -0.145. The monoisotopic (exact) mass is 450 g/mol. The third kappa shape index (κ3) is 5.19. The second-order valence-corrected chi connectivity index (χ2v) is 7.09. The third-order valence-corrected chi connectivity index (χ3v) is 4.79. The Morgan fingerprint density at radius 3 is 2.38 bits per heavy atom. The van der Waals surface area contributed by atoms with E-state index in [-0.39, 0.29) is 32.0 Å². The van der Waals surface area contributed by atoms with E-state index in [9.17, 15) is 27.6 Å². The van der Waals surface area contributed by atoms with Gasteiger partial charge >= 0.3 is 18.2 Å². The number of imide groups is 1. The number of urea groups is 1. The maximum atomic E-state index is 12.7.